The summed E-state index contributed by atoms with van der Waals surface area (Å²) in [5.74, 6) is -0.665. The smallest absolute Gasteiger partial charge is 0.311 e. The first-order valence-electron chi connectivity index (χ1n) is 5.79. The minimum absolute atomic E-state index is 0.162. The standard InChI is InChI=1S/C11H19NO3/c13-10(14)11(4-5-12-8-11)7-9-3-1-2-6-15-9/h9,12H,1-8H2,(H,13,14). The van der Waals surface area contributed by atoms with Gasteiger partial charge in [-0.2, -0.15) is 0 Å². The second-order valence-corrected chi connectivity index (χ2v) is 4.70. The number of ether oxygens (including phenoxy) is 1. The molecule has 86 valence electrons. The molecule has 0 radical (unpaired) electrons. The lowest BCUT2D eigenvalue weighted by atomic mass is 9.80. The van der Waals surface area contributed by atoms with Crippen molar-refractivity contribution in [3.05, 3.63) is 0 Å². The Balaban J connectivity index is 1.96. The van der Waals surface area contributed by atoms with Crippen LogP contribution in [0.3, 0.4) is 0 Å². The maximum atomic E-state index is 11.3. The van der Waals surface area contributed by atoms with Crippen molar-refractivity contribution in [1.29, 1.82) is 0 Å². The second kappa shape index (κ2) is 4.49. The van der Waals surface area contributed by atoms with Gasteiger partial charge < -0.3 is 15.2 Å². The van der Waals surface area contributed by atoms with Crippen LogP contribution in [0.4, 0.5) is 0 Å². The van der Waals surface area contributed by atoms with Crippen molar-refractivity contribution in [3.8, 4) is 0 Å². The predicted octanol–water partition coefficient (Wildman–Crippen LogP) is 1.01. The van der Waals surface area contributed by atoms with Crippen LogP contribution in [0.25, 0.3) is 0 Å². The first-order valence-corrected chi connectivity index (χ1v) is 5.79. The molecular weight excluding hydrogens is 194 g/mol. The van der Waals surface area contributed by atoms with Crippen molar-refractivity contribution < 1.29 is 14.6 Å². The zero-order chi connectivity index (χ0) is 10.7. The first kappa shape index (κ1) is 10.9. The lowest BCUT2D eigenvalue weighted by Crippen LogP contribution is -2.38. The predicted molar refractivity (Wildman–Crippen MR) is 55.8 cm³/mol. The average Bonchev–Trinajstić information content (AvgIpc) is 2.69. The van der Waals surface area contributed by atoms with E-state index in [1.165, 1.54) is 6.42 Å². The maximum absolute atomic E-state index is 11.3. The summed E-state index contributed by atoms with van der Waals surface area (Å²) in [6, 6.07) is 0. The molecule has 2 rings (SSSR count). The van der Waals surface area contributed by atoms with Crippen molar-refractivity contribution in [2.75, 3.05) is 19.7 Å². The third-order valence-electron chi connectivity index (χ3n) is 3.59. The molecule has 4 heteroatoms. The van der Waals surface area contributed by atoms with Crippen LogP contribution in [0, 0.1) is 5.41 Å². The SMILES string of the molecule is O=C(O)C1(CC2CCCCO2)CCNC1. The van der Waals surface area contributed by atoms with Gasteiger partial charge in [0.25, 0.3) is 0 Å². The van der Waals surface area contributed by atoms with Gasteiger partial charge in [-0.1, -0.05) is 0 Å². The Labute approximate surface area is 90.0 Å². The van der Waals surface area contributed by atoms with Crippen LogP contribution in [0.1, 0.15) is 32.1 Å². The van der Waals surface area contributed by atoms with Crippen molar-refractivity contribution in [2.24, 2.45) is 5.41 Å². The monoisotopic (exact) mass is 213 g/mol. The number of aliphatic carboxylic acids is 1. The van der Waals surface area contributed by atoms with E-state index < -0.39 is 11.4 Å². The molecule has 0 aliphatic carbocycles. The lowest BCUT2D eigenvalue weighted by Gasteiger charge is -2.30. The minimum atomic E-state index is -0.665. The molecule has 0 spiro atoms. The fraction of sp³-hybridized carbons (Fsp3) is 0.909. The van der Waals surface area contributed by atoms with E-state index in [2.05, 4.69) is 5.32 Å². The van der Waals surface area contributed by atoms with Crippen LogP contribution in [0.15, 0.2) is 0 Å². The topological polar surface area (TPSA) is 58.6 Å². The highest BCUT2D eigenvalue weighted by Gasteiger charge is 2.43. The van der Waals surface area contributed by atoms with Gasteiger partial charge in [-0.3, -0.25) is 4.79 Å². The number of hydrogen-bond donors (Lipinski definition) is 2. The van der Waals surface area contributed by atoms with Gasteiger partial charge in [0.1, 0.15) is 0 Å². The molecule has 2 atom stereocenters. The first-order chi connectivity index (χ1) is 7.23. The Kier molecular flexibility index (Phi) is 3.26. The molecule has 0 saturated carbocycles. The summed E-state index contributed by atoms with van der Waals surface area (Å²) in [5, 5.41) is 12.4. The summed E-state index contributed by atoms with van der Waals surface area (Å²) in [6.45, 7) is 2.22. The van der Waals surface area contributed by atoms with Crippen LogP contribution < -0.4 is 5.32 Å². The van der Waals surface area contributed by atoms with Gasteiger partial charge in [0.05, 0.1) is 11.5 Å². The molecule has 0 aromatic heterocycles. The van der Waals surface area contributed by atoms with Crippen LogP contribution in [-0.2, 0) is 9.53 Å². The molecule has 4 nitrogen and oxygen atoms in total. The van der Waals surface area contributed by atoms with Gasteiger partial charge in [-0.15, -0.1) is 0 Å². The van der Waals surface area contributed by atoms with Crippen LogP contribution in [0.2, 0.25) is 0 Å². The van der Waals surface area contributed by atoms with E-state index in [1.807, 2.05) is 0 Å². The molecule has 2 heterocycles. The number of hydrogen-bond acceptors (Lipinski definition) is 3. The van der Waals surface area contributed by atoms with Crippen molar-refractivity contribution in [3.63, 3.8) is 0 Å². The maximum Gasteiger partial charge on any atom is 0.311 e. The number of nitrogens with one attached hydrogen (secondary N) is 1. The molecule has 15 heavy (non-hydrogen) atoms. The minimum Gasteiger partial charge on any atom is -0.481 e. The zero-order valence-electron chi connectivity index (χ0n) is 9.00. The highest BCUT2D eigenvalue weighted by Crippen LogP contribution is 2.34. The quantitative estimate of drug-likeness (QED) is 0.734. The Bertz CT molecular complexity index is 230. The van der Waals surface area contributed by atoms with Crippen LogP contribution in [0.5, 0.6) is 0 Å². The van der Waals surface area contributed by atoms with Gasteiger partial charge in [0, 0.05) is 13.2 Å². The van der Waals surface area contributed by atoms with E-state index in [0.29, 0.717) is 13.0 Å². The molecule has 2 N–H and O–H groups in total. The number of carboxylic acids is 1. The molecule has 2 aliphatic heterocycles. The fourth-order valence-electron chi connectivity index (χ4n) is 2.59. The Morgan fingerprint density at radius 1 is 1.53 bits per heavy atom. The van der Waals surface area contributed by atoms with Crippen LogP contribution in [-0.4, -0.2) is 36.9 Å². The zero-order valence-corrected chi connectivity index (χ0v) is 9.00. The van der Waals surface area contributed by atoms with Crippen LogP contribution >= 0.6 is 0 Å². The van der Waals surface area contributed by atoms with Crippen molar-refractivity contribution >= 4 is 5.97 Å². The summed E-state index contributed by atoms with van der Waals surface area (Å²) in [6.07, 6.45) is 4.89. The van der Waals surface area contributed by atoms with Gasteiger partial charge in [-0.05, 0) is 38.6 Å². The number of carboxylic acid groups (broad SMARTS) is 1. The van der Waals surface area contributed by atoms with Crippen molar-refractivity contribution in [2.45, 2.75) is 38.2 Å². The Hall–Kier alpha value is -0.610. The molecule has 0 amide bonds. The normalized spacial score (nSPS) is 36.7. The summed E-state index contributed by atoms with van der Waals surface area (Å²) in [4.78, 5) is 11.3. The Morgan fingerprint density at radius 2 is 2.40 bits per heavy atom. The second-order valence-electron chi connectivity index (χ2n) is 4.70. The van der Waals surface area contributed by atoms with Gasteiger partial charge in [0.2, 0.25) is 0 Å². The van der Waals surface area contributed by atoms with Gasteiger partial charge in [0.15, 0.2) is 0 Å². The molecular formula is C11H19NO3. The molecule has 2 unspecified atom stereocenters. The fourth-order valence-corrected chi connectivity index (χ4v) is 2.59. The summed E-state index contributed by atoms with van der Waals surface area (Å²) >= 11 is 0. The molecule has 0 aromatic rings. The largest absolute Gasteiger partial charge is 0.481 e. The molecule has 2 aliphatic rings. The Morgan fingerprint density at radius 3 is 2.93 bits per heavy atom. The lowest BCUT2D eigenvalue weighted by molar-refractivity contribution is -0.150. The van der Waals surface area contributed by atoms with E-state index in [9.17, 15) is 9.90 Å². The highest BCUT2D eigenvalue weighted by atomic mass is 16.5. The van der Waals surface area contributed by atoms with E-state index in [-0.39, 0.29) is 6.10 Å². The summed E-state index contributed by atoms with van der Waals surface area (Å²) in [7, 11) is 0. The molecule has 0 aromatic carbocycles. The number of carbonyl (C=O) groups is 1. The third kappa shape index (κ3) is 2.32. The van der Waals surface area contributed by atoms with E-state index in [1.54, 1.807) is 0 Å². The van der Waals surface area contributed by atoms with Gasteiger partial charge >= 0.3 is 5.97 Å². The van der Waals surface area contributed by atoms with E-state index >= 15 is 0 Å². The summed E-state index contributed by atoms with van der Waals surface area (Å²) < 4.78 is 5.62. The molecule has 0 bridgehead atoms. The third-order valence-corrected chi connectivity index (χ3v) is 3.59. The average molecular weight is 213 g/mol. The molecule has 2 fully saturated rings. The van der Waals surface area contributed by atoms with E-state index in [0.717, 1.165) is 32.4 Å². The van der Waals surface area contributed by atoms with E-state index in [4.69, 9.17) is 4.74 Å². The number of rotatable bonds is 3. The van der Waals surface area contributed by atoms with Gasteiger partial charge in [-0.25, -0.2) is 0 Å². The van der Waals surface area contributed by atoms with Crippen molar-refractivity contribution in [1.82, 2.24) is 5.32 Å². The summed E-state index contributed by atoms with van der Waals surface area (Å²) in [5.41, 5.74) is -0.567. The highest BCUT2D eigenvalue weighted by molar-refractivity contribution is 5.75. The molecule has 2 saturated heterocycles.